The monoisotopic (exact) mass is 335 g/mol. The van der Waals surface area contributed by atoms with Crippen LogP contribution in [0, 0.1) is 0 Å². The molecule has 0 spiro atoms. The Kier molecular flexibility index (Phi) is 8.55. The van der Waals surface area contributed by atoms with E-state index in [1.165, 1.54) is 12.8 Å². The van der Waals surface area contributed by atoms with Crippen molar-refractivity contribution in [3.8, 4) is 5.88 Å². The van der Waals surface area contributed by atoms with Crippen molar-refractivity contribution in [2.45, 2.75) is 39.0 Å². The highest BCUT2D eigenvalue weighted by Crippen LogP contribution is 2.13. The summed E-state index contributed by atoms with van der Waals surface area (Å²) in [7, 11) is 0. The Balaban J connectivity index is 1.63. The van der Waals surface area contributed by atoms with E-state index in [0.717, 1.165) is 51.4 Å². The van der Waals surface area contributed by atoms with Crippen LogP contribution in [0.2, 0.25) is 0 Å². The van der Waals surface area contributed by atoms with Gasteiger partial charge in [0.15, 0.2) is 0 Å². The summed E-state index contributed by atoms with van der Waals surface area (Å²) in [4.78, 5) is 18.4. The van der Waals surface area contributed by atoms with Crippen molar-refractivity contribution in [3.63, 3.8) is 0 Å². The second-order valence-corrected chi connectivity index (χ2v) is 6.05. The van der Waals surface area contributed by atoms with Crippen LogP contribution in [0.5, 0.6) is 5.88 Å². The molecule has 2 heterocycles. The maximum Gasteiger partial charge on any atom is 0.224 e. The fourth-order valence-corrected chi connectivity index (χ4v) is 2.58. The SMILES string of the molecule is CCCCCCC(=O)Nc1ccc(OCCN2CCOCC2)nc1. The summed E-state index contributed by atoms with van der Waals surface area (Å²) in [6, 6.07) is 3.63. The third-order valence-electron chi connectivity index (χ3n) is 4.04. The zero-order valence-electron chi connectivity index (χ0n) is 14.6. The van der Waals surface area contributed by atoms with Crippen molar-refractivity contribution in [2.24, 2.45) is 0 Å². The summed E-state index contributed by atoms with van der Waals surface area (Å²) in [5.74, 6) is 0.637. The molecule has 0 radical (unpaired) electrons. The predicted octanol–water partition coefficient (Wildman–Crippen LogP) is 2.70. The zero-order chi connectivity index (χ0) is 17.0. The number of rotatable bonds is 10. The molecule has 6 nitrogen and oxygen atoms in total. The van der Waals surface area contributed by atoms with Crippen LogP contribution >= 0.6 is 0 Å². The third-order valence-corrected chi connectivity index (χ3v) is 4.04. The molecule has 1 aliphatic rings. The van der Waals surface area contributed by atoms with Gasteiger partial charge in [-0.25, -0.2) is 4.98 Å². The molecule has 0 bridgehead atoms. The Morgan fingerprint density at radius 3 is 2.83 bits per heavy atom. The van der Waals surface area contributed by atoms with Gasteiger partial charge in [-0.2, -0.15) is 0 Å². The maximum absolute atomic E-state index is 11.8. The Morgan fingerprint density at radius 2 is 2.12 bits per heavy atom. The lowest BCUT2D eigenvalue weighted by Gasteiger charge is -2.26. The first kappa shape index (κ1) is 18.7. The Morgan fingerprint density at radius 1 is 1.29 bits per heavy atom. The average molecular weight is 335 g/mol. The smallest absolute Gasteiger partial charge is 0.224 e. The lowest BCUT2D eigenvalue weighted by atomic mass is 10.1. The number of ether oxygens (including phenoxy) is 2. The van der Waals surface area contributed by atoms with Gasteiger partial charge in [-0.15, -0.1) is 0 Å². The van der Waals surface area contributed by atoms with Gasteiger partial charge in [0, 0.05) is 32.1 Å². The molecular weight excluding hydrogens is 306 g/mol. The van der Waals surface area contributed by atoms with Crippen LogP contribution in [-0.4, -0.2) is 55.2 Å². The normalized spacial score (nSPS) is 15.2. The van der Waals surface area contributed by atoms with E-state index < -0.39 is 0 Å². The molecule has 6 heteroatoms. The molecule has 134 valence electrons. The van der Waals surface area contributed by atoms with Crippen molar-refractivity contribution in [3.05, 3.63) is 18.3 Å². The standard InChI is InChI=1S/C18H29N3O3/c1-2-3-4-5-6-17(22)20-16-7-8-18(19-15-16)24-14-11-21-9-12-23-13-10-21/h7-8,15H,2-6,9-14H2,1H3,(H,20,22). The Bertz CT molecular complexity index is 473. The van der Waals surface area contributed by atoms with Crippen LogP contribution in [0.1, 0.15) is 39.0 Å². The number of pyridine rings is 1. The van der Waals surface area contributed by atoms with Crippen LogP contribution < -0.4 is 10.1 Å². The van der Waals surface area contributed by atoms with Crippen LogP contribution in [0.4, 0.5) is 5.69 Å². The number of nitrogens with one attached hydrogen (secondary N) is 1. The highest BCUT2D eigenvalue weighted by Gasteiger charge is 2.10. The summed E-state index contributed by atoms with van der Waals surface area (Å²) in [6.07, 6.45) is 6.63. The third kappa shape index (κ3) is 7.27. The molecule has 1 amide bonds. The first-order valence-electron chi connectivity index (χ1n) is 8.96. The highest BCUT2D eigenvalue weighted by molar-refractivity contribution is 5.90. The minimum atomic E-state index is 0.0499. The van der Waals surface area contributed by atoms with E-state index in [1.54, 1.807) is 12.3 Å². The number of carbonyl (C=O) groups is 1. The molecule has 1 N–H and O–H groups in total. The summed E-state index contributed by atoms with van der Waals surface area (Å²) in [5, 5.41) is 2.87. The summed E-state index contributed by atoms with van der Waals surface area (Å²) < 4.78 is 11.0. The van der Waals surface area contributed by atoms with E-state index in [9.17, 15) is 4.79 Å². The molecule has 0 atom stereocenters. The van der Waals surface area contributed by atoms with Crippen LogP contribution in [0.3, 0.4) is 0 Å². The average Bonchev–Trinajstić information content (AvgIpc) is 2.61. The van der Waals surface area contributed by atoms with E-state index in [4.69, 9.17) is 9.47 Å². The molecule has 1 aromatic heterocycles. The number of unbranched alkanes of at least 4 members (excludes halogenated alkanes) is 3. The van der Waals surface area contributed by atoms with Crippen LogP contribution in [-0.2, 0) is 9.53 Å². The highest BCUT2D eigenvalue weighted by atomic mass is 16.5. The topological polar surface area (TPSA) is 63.7 Å². The van der Waals surface area contributed by atoms with Crippen molar-refractivity contribution in [1.82, 2.24) is 9.88 Å². The predicted molar refractivity (Wildman–Crippen MR) is 94.4 cm³/mol. The minimum Gasteiger partial charge on any atom is -0.476 e. The van der Waals surface area contributed by atoms with Gasteiger partial charge in [0.2, 0.25) is 11.8 Å². The van der Waals surface area contributed by atoms with Crippen molar-refractivity contribution in [1.29, 1.82) is 0 Å². The Hall–Kier alpha value is -1.66. The first-order chi connectivity index (χ1) is 11.8. The second kappa shape index (κ2) is 11.0. The maximum atomic E-state index is 11.8. The van der Waals surface area contributed by atoms with Crippen molar-refractivity contribution >= 4 is 11.6 Å². The number of amides is 1. The lowest BCUT2D eigenvalue weighted by molar-refractivity contribution is -0.116. The number of nitrogens with zero attached hydrogens (tertiary/aromatic N) is 2. The molecule has 1 saturated heterocycles. The van der Waals surface area contributed by atoms with E-state index >= 15 is 0 Å². The molecular formula is C18H29N3O3. The lowest BCUT2D eigenvalue weighted by Crippen LogP contribution is -2.38. The van der Waals surface area contributed by atoms with E-state index in [-0.39, 0.29) is 5.91 Å². The zero-order valence-corrected chi connectivity index (χ0v) is 14.6. The second-order valence-electron chi connectivity index (χ2n) is 6.05. The Labute approximate surface area is 144 Å². The number of morpholine rings is 1. The summed E-state index contributed by atoms with van der Waals surface area (Å²) >= 11 is 0. The van der Waals surface area contributed by atoms with Gasteiger partial charge < -0.3 is 14.8 Å². The van der Waals surface area contributed by atoms with Crippen molar-refractivity contribution < 1.29 is 14.3 Å². The van der Waals surface area contributed by atoms with Crippen LogP contribution in [0.15, 0.2) is 18.3 Å². The number of anilines is 1. The number of carbonyl (C=O) groups excluding carboxylic acids is 1. The molecule has 0 saturated carbocycles. The fourth-order valence-electron chi connectivity index (χ4n) is 2.58. The van der Waals surface area contributed by atoms with Crippen LogP contribution in [0.25, 0.3) is 0 Å². The molecule has 24 heavy (non-hydrogen) atoms. The summed E-state index contributed by atoms with van der Waals surface area (Å²) in [6.45, 7) is 7.16. The molecule has 0 aliphatic carbocycles. The number of hydrogen-bond acceptors (Lipinski definition) is 5. The molecule has 1 aliphatic heterocycles. The van der Waals surface area contributed by atoms with Gasteiger partial charge in [-0.1, -0.05) is 26.2 Å². The molecule has 0 aromatic carbocycles. The fraction of sp³-hybridized carbons (Fsp3) is 0.667. The largest absolute Gasteiger partial charge is 0.476 e. The van der Waals surface area contributed by atoms with Gasteiger partial charge in [0.1, 0.15) is 6.61 Å². The van der Waals surface area contributed by atoms with Crippen molar-refractivity contribution in [2.75, 3.05) is 44.8 Å². The summed E-state index contributed by atoms with van der Waals surface area (Å²) in [5.41, 5.74) is 0.719. The van der Waals surface area contributed by atoms with Gasteiger partial charge in [-0.05, 0) is 12.5 Å². The minimum absolute atomic E-state index is 0.0499. The molecule has 0 unspecified atom stereocenters. The van der Waals surface area contributed by atoms with Gasteiger partial charge in [0.25, 0.3) is 0 Å². The van der Waals surface area contributed by atoms with E-state index in [2.05, 4.69) is 22.1 Å². The molecule has 2 rings (SSSR count). The van der Waals surface area contributed by atoms with E-state index in [1.807, 2.05) is 6.07 Å². The quantitative estimate of drug-likeness (QED) is 0.666. The van der Waals surface area contributed by atoms with Gasteiger partial charge in [0.05, 0.1) is 25.1 Å². The number of aromatic nitrogens is 1. The molecule has 1 fully saturated rings. The van der Waals surface area contributed by atoms with Gasteiger partial charge in [-0.3, -0.25) is 9.69 Å². The number of hydrogen-bond donors (Lipinski definition) is 1. The molecule has 1 aromatic rings. The van der Waals surface area contributed by atoms with E-state index in [0.29, 0.717) is 18.9 Å². The first-order valence-corrected chi connectivity index (χ1v) is 8.96. The van der Waals surface area contributed by atoms with Gasteiger partial charge >= 0.3 is 0 Å².